The van der Waals surface area contributed by atoms with Gasteiger partial charge in [0, 0.05) is 13.0 Å². The lowest BCUT2D eigenvalue weighted by atomic mass is 9.85. The van der Waals surface area contributed by atoms with E-state index in [0.29, 0.717) is 0 Å². The Morgan fingerprint density at radius 2 is 2.00 bits per heavy atom. The number of benzene rings is 1. The lowest BCUT2D eigenvalue weighted by molar-refractivity contribution is 0.589. The van der Waals surface area contributed by atoms with Gasteiger partial charge in [-0.3, -0.25) is 4.99 Å². The number of hydrogen-bond acceptors (Lipinski definition) is 2. The molecule has 0 saturated heterocycles. The van der Waals surface area contributed by atoms with Crippen LogP contribution in [0.2, 0.25) is 0 Å². The molecule has 3 heteroatoms. The number of nitrogens with zero attached hydrogens (tertiary/aromatic N) is 1. The maximum atomic E-state index is 4.45. The van der Waals surface area contributed by atoms with Gasteiger partial charge in [0.15, 0.2) is 0 Å². The quantitative estimate of drug-likeness (QED) is 0.873. The van der Waals surface area contributed by atoms with Crippen LogP contribution in [0.3, 0.4) is 0 Å². The molecule has 0 amide bonds. The number of hydrogen-bond donors (Lipinski definition) is 1. The Morgan fingerprint density at radius 1 is 1.28 bits per heavy atom. The van der Waals surface area contributed by atoms with E-state index in [0.717, 1.165) is 25.3 Å². The lowest BCUT2D eigenvalue weighted by Crippen LogP contribution is -2.21. The summed E-state index contributed by atoms with van der Waals surface area (Å²) in [5, 5.41) is 3.33. The van der Waals surface area contributed by atoms with E-state index in [2.05, 4.69) is 56.2 Å². The summed E-state index contributed by atoms with van der Waals surface area (Å²) < 4.78 is 0. The molecule has 0 spiro atoms. The zero-order chi connectivity index (χ0) is 12.5. The molecule has 0 unspecified atom stereocenters. The van der Waals surface area contributed by atoms with Gasteiger partial charge in [-0.15, -0.1) is 12.4 Å². The number of rotatable bonds is 2. The Hall–Kier alpha value is -1.02. The van der Waals surface area contributed by atoms with Crippen LogP contribution in [0.25, 0.3) is 0 Å². The first-order valence-corrected chi connectivity index (χ1v) is 6.34. The molecule has 0 radical (unpaired) electrons. The maximum absolute atomic E-state index is 4.45. The molecule has 0 aromatic heterocycles. The van der Waals surface area contributed by atoms with Gasteiger partial charge >= 0.3 is 0 Å². The van der Waals surface area contributed by atoms with Gasteiger partial charge < -0.3 is 5.32 Å². The summed E-state index contributed by atoms with van der Waals surface area (Å²) in [6.07, 6.45) is 0.941. The third kappa shape index (κ3) is 3.49. The zero-order valence-corrected chi connectivity index (χ0v) is 12.5. The second-order valence-corrected chi connectivity index (χ2v) is 5.82. The van der Waals surface area contributed by atoms with Crippen molar-refractivity contribution in [2.75, 3.05) is 13.1 Å². The molecule has 1 aromatic rings. The fourth-order valence-corrected chi connectivity index (χ4v) is 2.11. The lowest BCUT2D eigenvalue weighted by Gasteiger charge is -2.20. The number of halogens is 1. The van der Waals surface area contributed by atoms with Gasteiger partial charge in [0.2, 0.25) is 0 Å². The van der Waals surface area contributed by atoms with Crippen molar-refractivity contribution in [1.29, 1.82) is 0 Å². The zero-order valence-electron chi connectivity index (χ0n) is 11.7. The summed E-state index contributed by atoms with van der Waals surface area (Å²) in [4.78, 5) is 4.45. The summed E-state index contributed by atoms with van der Waals surface area (Å²) in [7, 11) is 0. The Kier molecular flexibility index (Phi) is 4.80. The molecule has 0 fully saturated rings. The second-order valence-electron chi connectivity index (χ2n) is 5.82. The van der Waals surface area contributed by atoms with Crippen LogP contribution in [0.15, 0.2) is 23.2 Å². The van der Waals surface area contributed by atoms with Gasteiger partial charge in [-0.2, -0.15) is 0 Å². The van der Waals surface area contributed by atoms with Crippen LogP contribution in [-0.4, -0.2) is 18.9 Å². The van der Waals surface area contributed by atoms with Crippen LogP contribution in [0, 0.1) is 6.92 Å². The summed E-state index contributed by atoms with van der Waals surface area (Å²) >= 11 is 0. The van der Waals surface area contributed by atoms with Gasteiger partial charge in [-0.05, 0) is 29.0 Å². The molecule has 0 aliphatic carbocycles. The van der Waals surface area contributed by atoms with Gasteiger partial charge in [0.25, 0.3) is 0 Å². The molecular formula is C15H23ClN2. The first-order valence-electron chi connectivity index (χ1n) is 6.34. The molecule has 0 bridgehead atoms. The van der Waals surface area contributed by atoms with Crippen molar-refractivity contribution >= 4 is 18.2 Å². The molecule has 0 saturated carbocycles. The van der Waals surface area contributed by atoms with Gasteiger partial charge in [-0.25, -0.2) is 0 Å². The molecule has 1 aromatic carbocycles. The minimum atomic E-state index is 0. The van der Waals surface area contributed by atoms with Crippen molar-refractivity contribution in [3.05, 3.63) is 34.9 Å². The highest BCUT2D eigenvalue weighted by Crippen LogP contribution is 2.24. The molecule has 2 rings (SSSR count). The molecule has 1 heterocycles. The van der Waals surface area contributed by atoms with Gasteiger partial charge in [0.1, 0.15) is 5.84 Å². The molecule has 0 atom stereocenters. The minimum Gasteiger partial charge on any atom is -0.372 e. The normalized spacial score (nSPS) is 14.8. The molecule has 2 nitrogen and oxygen atoms in total. The highest BCUT2D eigenvalue weighted by Gasteiger charge is 2.15. The smallest absolute Gasteiger partial charge is 0.101 e. The predicted molar refractivity (Wildman–Crippen MR) is 81.1 cm³/mol. The van der Waals surface area contributed by atoms with E-state index >= 15 is 0 Å². The van der Waals surface area contributed by atoms with Crippen LogP contribution in [-0.2, 0) is 11.8 Å². The first kappa shape index (κ1) is 15.0. The molecule has 1 aliphatic heterocycles. The number of nitrogens with one attached hydrogen (secondary N) is 1. The number of aryl methyl sites for hydroxylation is 1. The highest BCUT2D eigenvalue weighted by atomic mass is 35.5. The Labute approximate surface area is 116 Å². The predicted octanol–water partition coefficient (Wildman–Crippen LogP) is 3.26. The van der Waals surface area contributed by atoms with Crippen LogP contribution in [0.1, 0.15) is 37.5 Å². The summed E-state index contributed by atoms with van der Waals surface area (Å²) in [5.74, 6) is 1.14. The van der Waals surface area contributed by atoms with E-state index in [1.54, 1.807) is 0 Å². The van der Waals surface area contributed by atoms with Crippen molar-refractivity contribution in [1.82, 2.24) is 5.32 Å². The summed E-state index contributed by atoms with van der Waals surface area (Å²) in [6, 6.07) is 6.81. The average Bonchev–Trinajstić information content (AvgIpc) is 2.72. The van der Waals surface area contributed by atoms with Crippen LogP contribution in [0.5, 0.6) is 0 Å². The van der Waals surface area contributed by atoms with Crippen LogP contribution in [0.4, 0.5) is 0 Å². The Morgan fingerprint density at radius 3 is 2.50 bits per heavy atom. The average molecular weight is 267 g/mol. The van der Waals surface area contributed by atoms with E-state index in [-0.39, 0.29) is 17.8 Å². The van der Waals surface area contributed by atoms with Crippen molar-refractivity contribution in [2.24, 2.45) is 4.99 Å². The number of aliphatic imine (C=N–C) groups is 1. The largest absolute Gasteiger partial charge is 0.372 e. The maximum Gasteiger partial charge on any atom is 0.101 e. The Bertz CT molecular complexity index is 444. The van der Waals surface area contributed by atoms with E-state index in [1.165, 1.54) is 16.7 Å². The Balaban J connectivity index is 0.00000162. The van der Waals surface area contributed by atoms with E-state index in [1.807, 2.05) is 0 Å². The third-order valence-electron chi connectivity index (χ3n) is 3.31. The van der Waals surface area contributed by atoms with Crippen molar-refractivity contribution < 1.29 is 0 Å². The third-order valence-corrected chi connectivity index (χ3v) is 3.31. The fourth-order valence-electron chi connectivity index (χ4n) is 2.11. The molecule has 1 N–H and O–H groups in total. The van der Waals surface area contributed by atoms with Crippen molar-refractivity contribution in [3.63, 3.8) is 0 Å². The van der Waals surface area contributed by atoms with E-state index in [4.69, 9.17) is 0 Å². The monoisotopic (exact) mass is 266 g/mol. The summed E-state index contributed by atoms with van der Waals surface area (Å²) in [5.41, 5.74) is 4.38. The topological polar surface area (TPSA) is 24.4 Å². The van der Waals surface area contributed by atoms with Gasteiger partial charge in [-0.1, -0.05) is 39.0 Å². The standard InChI is InChI=1S/C15H22N2.ClH/c1-11-9-13(15(2,3)4)6-5-12(11)10-14-16-7-8-17-14;/h5-6,9H,7-8,10H2,1-4H3,(H,16,17);1H. The van der Waals surface area contributed by atoms with Crippen molar-refractivity contribution in [3.8, 4) is 0 Å². The molecular weight excluding hydrogens is 244 g/mol. The van der Waals surface area contributed by atoms with Crippen LogP contribution < -0.4 is 5.32 Å². The second kappa shape index (κ2) is 5.75. The highest BCUT2D eigenvalue weighted by molar-refractivity contribution is 5.86. The summed E-state index contributed by atoms with van der Waals surface area (Å²) in [6.45, 7) is 10.9. The van der Waals surface area contributed by atoms with Gasteiger partial charge in [0.05, 0.1) is 6.54 Å². The van der Waals surface area contributed by atoms with E-state index < -0.39 is 0 Å². The SMILES string of the molecule is Cc1cc(C(C)(C)C)ccc1CC1=NCCN1.Cl. The number of amidine groups is 1. The first-order chi connectivity index (χ1) is 7.97. The van der Waals surface area contributed by atoms with Crippen molar-refractivity contribution in [2.45, 2.75) is 39.5 Å². The molecule has 18 heavy (non-hydrogen) atoms. The molecule has 100 valence electrons. The molecule has 1 aliphatic rings. The van der Waals surface area contributed by atoms with Crippen LogP contribution >= 0.6 is 12.4 Å². The van der Waals surface area contributed by atoms with E-state index in [9.17, 15) is 0 Å². The fraction of sp³-hybridized carbons (Fsp3) is 0.533. The minimum absolute atomic E-state index is 0.